The van der Waals surface area contributed by atoms with E-state index in [0.717, 1.165) is 0 Å². The van der Waals surface area contributed by atoms with Crippen molar-refractivity contribution >= 4 is 10.0 Å². The molecule has 0 aromatic carbocycles. The van der Waals surface area contributed by atoms with Gasteiger partial charge in [0.25, 0.3) is 10.0 Å². The zero-order valence-corrected chi connectivity index (χ0v) is 10.7. The van der Waals surface area contributed by atoms with Crippen molar-refractivity contribution in [2.45, 2.75) is 44.1 Å². The van der Waals surface area contributed by atoms with E-state index in [9.17, 15) is 8.42 Å². The second-order valence-electron chi connectivity index (χ2n) is 4.03. The van der Waals surface area contributed by atoms with Crippen LogP contribution in [0.4, 0.5) is 0 Å². The number of nitrogens with two attached hydrogens (primary N) is 1. The summed E-state index contributed by atoms with van der Waals surface area (Å²) in [6.07, 6.45) is -0.229. The summed E-state index contributed by atoms with van der Waals surface area (Å²) in [6, 6.07) is 2.51. The summed E-state index contributed by atoms with van der Waals surface area (Å²) in [7, 11) is -3.68. The summed E-state index contributed by atoms with van der Waals surface area (Å²) in [5.41, 5.74) is 5.33. The molecule has 4 N–H and O–H groups in total. The van der Waals surface area contributed by atoms with Crippen LogP contribution < -0.4 is 10.5 Å². The van der Waals surface area contributed by atoms with Gasteiger partial charge in [-0.15, -0.1) is 0 Å². The molecule has 98 valence electrons. The molecule has 0 aliphatic heterocycles. The van der Waals surface area contributed by atoms with Crippen LogP contribution in [0.25, 0.3) is 0 Å². The van der Waals surface area contributed by atoms with Gasteiger partial charge in [0.2, 0.25) is 5.09 Å². The van der Waals surface area contributed by atoms with Crippen molar-refractivity contribution in [1.29, 1.82) is 0 Å². The first-order chi connectivity index (χ1) is 7.85. The standard InChI is InChI=1S/C10H18N2O4S/c1-7(5-8(2)13)12-17(14,15)10-4-3-9(6-11)16-10/h3-4,7-8,12-13H,5-6,11H2,1-2H3. The topological polar surface area (TPSA) is 106 Å². The van der Waals surface area contributed by atoms with Crippen LogP contribution in [0.3, 0.4) is 0 Å². The molecule has 2 atom stereocenters. The van der Waals surface area contributed by atoms with Gasteiger partial charge >= 0.3 is 0 Å². The summed E-state index contributed by atoms with van der Waals surface area (Å²) in [5.74, 6) is 0.411. The normalized spacial score (nSPS) is 15.8. The van der Waals surface area contributed by atoms with Crippen molar-refractivity contribution < 1.29 is 17.9 Å². The molecule has 2 unspecified atom stereocenters. The van der Waals surface area contributed by atoms with Crippen LogP contribution in [0, 0.1) is 0 Å². The zero-order chi connectivity index (χ0) is 13.1. The van der Waals surface area contributed by atoms with Gasteiger partial charge in [0.1, 0.15) is 5.76 Å². The molecule has 0 saturated heterocycles. The molecule has 0 amide bonds. The van der Waals surface area contributed by atoms with Gasteiger partial charge in [0.05, 0.1) is 12.6 Å². The predicted molar refractivity (Wildman–Crippen MR) is 62.7 cm³/mol. The summed E-state index contributed by atoms with van der Waals surface area (Å²) in [4.78, 5) is 0. The summed E-state index contributed by atoms with van der Waals surface area (Å²) in [5, 5.41) is 9.00. The average Bonchev–Trinajstić information content (AvgIpc) is 2.63. The zero-order valence-electron chi connectivity index (χ0n) is 9.88. The van der Waals surface area contributed by atoms with Crippen LogP contribution in [0.15, 0.2) is 21.6 Å². The van der Waals surface area contributed by atoms with Gasteiger partial charge in [-0.25, -0.2) is 13.1 Å². The number of aliphatic hydroxyl groups excluding tert-OH is 1. The lowest BCUT2D eigenvalue weighted by Gasteiger charge is -2.14. The number of nitrogens with one attached hydrogen (secondary N) is 1. The van der Waals surface area contributed by atoms with E-state index in [0.29, 0.717) is 12.2 Å². The SMILES string of the molecule is CC(O)CC(C)NS(=O)(=O)c1ccc(CN)o1. The fourth-order valence-electron chi connectivity index (χ4n) is 1.50. The van der Waals surface area contributed by atoms with E-state index in [2.05, 4.69) is 4.72 Å². The van der Waals surface area contributed by atoms with E-state index < -0.39 is 16.1 Å². The highest BCUT2D eigenvalue weighted by molar-refractivity contribution is 7.89. The minimum absolute atomic E-state index is 0.152. The Balaban J connectivity index is 2.74. The highest BCUT2D eigenvalue weighted by Crippen LogP contribution is 2.14. The number of sulfonamides is 1. The molecule has 0 saturated carbocycles. The first kappa shape index (κ1) is 14.2. The van der Waals surface area contributed by atoms with Crippen LogP contribution in [-0.4, -0.2) is 25.7 Å². The number of aliphatic hydroxyl groups is 1. The Morgan fingerprint density at radius 3 is 2.59 bits per heavy atom. The minimum atomic E-state index is -3.68. The summed E-state index contributed by atoms with van der Waals surface area (Å²) >= 11 is 0. The molecule has 17 heavy (non-hydrogen) atoms. The average molecular weight is 262 g/mol. The van der Waals surface area contributed by atoms with Crippen molar-refractivity contribution in [2.75, 3.05) is 0 Å². The molecule has 0 spiro atoms. The fraction of sp³-hybridized carbons (Fsp3) is 0.600. The Labute approximate surface area is 101 Å². The van der Waals surface area contributed by atoms with Crippen LogP contribution in [0.5, 0.6) is 0 Å². The number of hydrogen-bond donors (Lipinski definition) is 3. The lowest BCUT2D eigenvalue weighted by molar-refractivity contribution is 0.174. The van der Waals surface area contributed by atoms with Gasteiger partial charge in [0, 0.05) is 6.04 Å². The fourth-order valence-corrected chi connectivity index (χ4v) is 2.70. The molecule has 0 aliphatic rings. The van der Waals surface area contributed by atoms with E-state index in [1.807, 2.05) is 0 Å². The largest absolute Gasteiger partial charge is 0.447 e. The van der Waals surface area contributed by atoms with Crippen molar-refractivity contribution in [3.63, 3.8) is 0 Å². The van der Waals surface area contributed by atoms with E-state index in [1.165, 1.54) is 12.1 Å². The van der Waals surface area contributed by atoms with Gasteiger partial charge in [-0.3, -0.25) is 0 Å². The van der Waals surface area contributed by atoms with Gasteiger partial charge in [-0.1, -0.05) is 0 Å². The smallest absolute Gasteiger partial charge is 0.274 e. The van der Waals surface area contributed by atoms with Crippen LogP contribution in [0.1, 0.15) is 26.0 Å². The first-order valence-corrected chi connectivity index (χ1v) is 6.82. The third-order valence-corrected chi connectivity index (χ3v) is 3.62. The summed E-state index contributed by atoms with van der Waals surface area (Å²) < 4.78 is 31.1. The molecule has 1 aromatic heterocycles. The van der Waals surface area contributed by atoms with E-state index in [-0.39, 0.29) is 17.7 Å². The van der Waals surface area contributed by atoms with E-state index in [1.54, 1.807) is 13.8 Å². The van der Waals surface area contributed by atoms with Crippen molar-refractivity contribution in [3.05, 3.63) is 17.9 Å². The molecule has 1 aromatic rings. The Kier molecular flexibility index (Phi) is 4.70. The molecule has 0 aliphatic carbocycles. The Hall–Kier alpha value is -0.890. The molecule has 1 rings (SSSR count). The molecular formula is C10H18N2O4S. The molecule has 1 heterocycles. The van der Waals surface area contributed by atoms with Gasteiger partial charge in [-0.05, 0) is 32.4 Å². The van der Waals surface area contributed by atoms with E-state index in [4.69, 9.17) is 15.3 Å². The summed E-state index contributed by atoms with van der Waals surface area (Å²) in [6.45, 7) is 3.43. The Morgan fingerprint density at radius 2 is 2.12 bits per heavy atom. The maximum absolute atomic E-state index is 11.8. The van der Waals surface area contributed by atoms with Crippen molar-refractivity contribution in [2.24, 2.45) is 5.73 Å². The quantitative estimate of drug-likeness (QED) is 0.678. The lowest BCUT2D eigenvalue weighted by atomic mass is 10.2. The minimum Gasteiger partial charge on any atom is -0.447 e. The Bertz CT molecular complexity index is 453. The molecule has 0 radical (unpaired) electrons. The second-order valence-corrected chi connectivity index (χ2v) is 5.68. The maximum Gasteiger partial charge on any atom is 0.274 e. The van der Waals surface area contributed by atoms with E-state index >= 15 is 0 Å². The van der Waals surface area contributed by atoms with Crippen LogP contribution >= 0.6 is 0 Å². The predicted octanol–water partition coefficient (Wildman–Crippen LogP) is 0.176. The van der Waals surface area contributed by atoms with Crippen LogP contribution in [-0.2, 0) is 16.6 Å². The van der Waals surface area contributed by atoms with Gasteiger partial charge in [-0.2, -0.15) is 0 Å². The third kappa shape index (κ3) is 4.12. The van der Waals surface area contributed by atoms with Crippen molar-refractivity contribution in [3.8, 4) is 0 Å². The lowest BCUT2D eigenvalue weighted by Crippen LogP contribution is -2.34. The molecule has 6 nitrogen and oxygen atoms in total. The monoisotopic (exact) mass is 262 g/mol. The maximum atomic E-state index is 11.8. The number of rotatable bonds is 6. The molecule has 7 heteroatoms. The molecule has 0 fully saturated rings. The Morgan fingerprint density at radius 1 is 1.47 bits per heavy atom. The molecule has 0 bridgehead atoms. The van der Waals surface area contributed by atoms with Gasteiger partial charge in [0.15, 0.2) is 0 Å². The first-order valence-electron chi connectivity index (χ1n) is 5.34. The second kappa shape index (κ2) is 5.63. The third-order valence-electron chi connectivity index (χ3n) is 2.15. The highest BCUT2D eigenvalue weighted by atomic mass is 32.2. The molecular weight excluding hydrogens is 244 g/mol. The van der Waals surface area contributed by atoms with Crippen LogP contribution in [0.2, 0.25) is 0 Å². The van der Waals surface area contributed by atoms with Gasteiger partial charge < -0.3 is 15.3 Å². The van der Waals surface area contributed by atoms with Crippen molar-refractivity contribution in [1.82, 2.24) is 4.72 Å². The number of furan rings is 1. The number of hydrogen-bond acceptors (Lipinski definition) is 5. The highest BCUT2D eigenvalue weighted by Gasteiger charge is 2.21.